The molecule has 3 saturated heterocycles. The van der Waals surface area contributed by atoms with E-state index in [4.69, 9.17) is 47.0 Å². The predicted octanol–water partition coefficient (Wildman–Crippen LogP) is -1.01. The molecule has 7 rings (SSSR count). The number of phenols is 3. The molecule has 1 aromatic heterocycles. The number of rotatable bonds is 14. The summed E-state index contributed by atoms with van der Waals surface area (Å²) in [4.78, 5) is 12.6. The Morgan fingerprint density at radius 1 is 0.657 bits per heavy atom. The fourth-order valence-electron chi connectivity index (χ4n) is 7.57. The number of esters is 1. The first-order valence-corrected chi connectivity index (χ1v) is 20.7. The van der Waals surface area contributed by atoms with Crippen molar-refractivity contribution in [3.63, 3.8) is 0 Å². The first-order valence-electron chi connectivity index (χ1n) is 20.7. The Balaban J connectivity index is 1.14. The summed E-state index contributed by atoms with van der Waals surface area (Å²) in [6.45, 7) is 0.00727. The lowest BCUT2D eigenvalue weighted by molar-refractivity contribution is -0.319. The summed E-state index contributed by atoms with van der Waals surface area (Å²) in [6.07, 6.45) is -22.8. The summed E-state index contributed by atoms with van der Waals surface area (Å²) in [5.41, 5.74) is 0.544. The van der Waals surface area contributed by atoms with Crippen molar-refractivity contribution in [1.29, 1.82) is 0 Å². The average molecular weight is 948 g/mol. The molecule has 3 aliphatic heterocycles. The largest absolute Gasteiger partial charge is 0.508 e. The van der Waals surface area contributed by atoms with Gasteiger partial charge in [0.15, 0.2) is 23.9 Å². The highest BCUT2D eigenvalue weighted by molar-refractivity contribution is 5.89. The number of fused-ring (bicyclic) bond motifs is 1. The van der Waals surface area contributed by atoms with Gasteiger partial charge in [-0.3, -0.25) is 0 Å². The van der Waals surface area contributed by atoms with Crippen LogP contribution in [0.25, 0.3) is 28.4 Å². The highest BCUT2D eigenvalue weighted by atomic mass is 16.7. The third kappa shape index (κ3) is 10.4. The summed E-state index contributed by atoms with van der Waals surface area (Å²) < 4.78 is 57.1. The van der Waals surface area contributed by atoms with Gasteiger partial charge in [-0.2, -0.15) is 0 Å². The zero-order chi connectivity index (χ0) is 48.4. The van der Waals surface area contributed by atoms with Crippen molar-refractivity contribution >= 4 is 23.0 Å². The fourth-order valence-corrected chi connectivity index (χ4v) is 7.57. The summed E-state index contributed by atoms with van der Waals surface area (Å²) in [7, 11) is 2.53. The molecule has 3 aromatic carbocycles. The van der Waals surface area contributed by atoms with Gasteiger partial charge in [-0.1, -0.05) is 12.1 Å². The minimum Gasteiger partial charge on any atom is -0.508 e. The van der Waals surface area contributed by atoms with E-state index >= 15 is 0 Å². The molecule has 12 N–H and O–H groups in total. The predicted molar refractivity (Wildman–Crippen MR) is 224 cm³/mol. The van der Waals surface area contributed by atoms with Crippen LogP contribution in [-0.4, -0.2) is 187 Å². The molecule has 23 nitrogen and oxygen atoms in total. The van der Waals surface area contributed by atoms with Crippen LogP contribution in [0.4, 0.5) is 0 Å². The van der Waals surface area contributed by atoms with Crippen LogP contribution in [0, 0.1) is 0 Å². The molecular formula is C44H51O23+. The number of aliphatic hydroxyl groups is 9. The molecule has 0 radical (unpaired) electrons. The molecule has 364 valence electrons. The fraction of sp³-hybridized carbons (Fsp3) is 0.455. The molecule has 23 heteroatoms. The van der Waals surface area contributed by atoms with Crippen LogP contribution < -0.4 is 18.9 Å². The van der Waals surface area contributed by atoms with Crippen LogP contribution in [-0.2, 0) is 28.5 Å². The van der Waals surface area contributed by atoms with Crippen molar-refractivity contribution in [2.24, 2.45) is 0 Å². The number of aliphatic hydroxyl groups excluding tert-OH is 9. The molecule has 0 amide bonds. The maximum atomic E-state index is 12.6. The second-order valence-electron chi connectivity index (χ2n) is 15.8. The lowest BCUT2D eigenvalue weighted by Gasteiger charge is -2.42. The van der Waals surface area contributed by atoms with Crippen molar-refractivity contribution in [3.05, 3.63) is 66.2 Å². The average Bonchev–Trinajstić information content (AvgIpc) is 3.31. The normalized spacial score (nSPS) is 32.2. The van der Waals surface area contributed by atoms with Crippen LogP contribution in [0.2, 0.25) is 0 Å². The van der Waals surface area contributed by atoms with Gasteiger partial charge in [0, 0.05) is 30.3 Å². The van der Waals surface area contributed by atoms with E-state index in [1.807, 2.05) is 0 Å². The van der Waals surface area contributed by atoms with Gasteiger partial charge in [-0.25, -0.2) is 9.21 Å². The molecule has 67 heavy (non-hydrogen) atoms. The quantitative estimate of drug-likeness (QED) is 0.0409. The Bertz CT molecular complexity index is 2350. The summed E-state index contributed by atoms with van der Waals surface area (Å²) in [5.74, 6) is -2.64. The van der Waals surface area contributed by atoms with E-state index in [-0.39, 0.29) is 56.8 Å². The molecule has 3 fully saturated rings. The zero-order valence-electron chi connectivity index (χ0n) is 35.8. The van der Waals surface area contributed by atoms with Gasteiger partial charge in [-0.05, 0) is 30.7 Å². The van der Waals surface area contributed by atoms with Crippen LogP contribution in [0.1, 0.15) is 12.5 Å². The van der Waals surface area contributed by atoms with E-state index in [1.54, 1.807) is 12.1 Å². The number of methoxy groups -OCH3 is 2. The summed E-state index contributed by atoms with van der Waals surface area (Å²) in [5, 5.41) is 127. The molecule has 4 aromatic rings. The van der Waals surface area contributed by atoms with Gasteiger partial charge in [0.05, 0.1) is 45.2 Å². The van der Waals surface area contributed by atoms with E-state index in [2.05, 4.69) is 0 Å². The number of carbonyl (C=O) groups is 1. The summed E-state index contributed by atoms with van der Waals surface area (Å²) in [6, 6.07) is 12.1. The highest BCUT2D eigenvalue weighted by Gasteiger charge is 2.50. The molecule has 0 aliphatic carbocycles. The third-order valence-electron chi connectivity index (χ3n) is 11.3. The molecule has 0 saturated carbocycles. The Kier molecular flexibility index (Phi) is 15.2. The maximum Gasteiger partial charge on any atom is 0.402 e. The minimum absolute atomic E-state index is 0.0227. The van der Waals surface area contributed by atoms with Gasteiger partial charge < -0.3 is 104 Å². The van der Waals surface area contributed by atoms with Crippen LogP contribution in [0.5, 0.6) is 40.2 Å². The zero-order valence-corrected chi connectivity index (χ0v) is 35.8. The van der Waals surface area contributed by atoms with Crippen molar-refractivity contribution in [3.8, 4) is 51.6 Å². The maximum absolute atomic E-state index is 12.6. The van der Waals surface area contributed by atoms with Crippen molar-refractivity contribution < 1.29 is 113 Å². The number of benzene rings is 3. The van der Waals surface area contributed by atoms with Gasteiger partial charge in [0.25, 0.3) is 0 Å². The number of carbonyl (C=O) groups excluding carboxylic acids is 1. The number of ether oxygens (including phenoxy) is 9. The first kappa shape index (κ1) is 49.3. The van der Waals surface area contributed by atoms with Crippen LogP contribution in [0.15, 0.2) is 65.1 Å². The molecule has 0 bridgehead atoms. The monoisotopic (exact) mass is 947 g/mol. The van der Waals surface area contributed by atoms with Crippen molar-refractivity contribution in [2.75, 3.05) is 27.4 Å². The Morgan fingerprint density at radius 3 is 1.85 bits per heavy atom. The highest BCUT2D eigenvalue weighted by Crippen LogP contribution is 2.46. The Hall–Kier alpha value is -5.64. The second kappa shape index (κ2) is 20.7. The van der Waals surface area contributed by atoms with Gasteiger partial charge in [-0.15, -0.1) is 0 Å². The number of aromatic hydroxyl groups is 3. The minimum atomic E-state index is -1.99. The van der Waals surface area contributed by atoms with Crippen LogP contribution in [0.3, 0.4) is 0 Å². The van der Waals surface area contributed by atoms with Gasteiger partial charge in [0.1, 0.15) is 83.7 Å². The first-order chi connectivity index (χ1) is 31.9. The topological polar surface area (TPSA) is 354 Å². The van der Waals surface area contributed by atoms with E-state index in [0.717, 1.165) is 12.1 Å². The number of phenolic OH excluding ortho intramolecular Hbond substituents is 3. The molecular weight excluding hydrogens is 896 g/mol. The molecule has 3 aliphatic rings. The smallest absolute Gasteiger partial charge is 0.402 e. The second-order valence-corrected chi connectivity index (χ2v) is 15.8. The van der Waals surface area contributed by atoms with E-state index in [1.165, 1.54) is 63.6 Å². The standard InChI is InChI=1S/C44H50O23/c1-17-40(67-30(48)9-6-18-4-7-20(46)8-5-18)36(54)39(57)42(61-17)60-16-29-33(51)35(53)38(56)44(66-29)64-27-14-22-23(62-41(27)19-10-25(58-2)31(49)26(11-19)59-3)12-21(47)13-24(22)63-43-37(55)34(52)32(50)28(15-45)65-43/h4-14,17,28-29,32-40,42-45,50-57H,15-16H2,1-3H3,(H2-,46,47,48,49)/p+1/t17-,28-,29+,32-,33-,34-,35+,36+,37-,38+,39+,40-,42+,43+,44+/m0/s1. The molecule has 4 heterocycles. The lowest BCUT2D eigenvalue weighted by atomic mass is 9.98. The SMILES string of the molecule is COc1cc(-c2[o+]c3cc(O)cc(O[C@@H]4O[C@@H](CO)[C@H](O)[C@H](O)[C@@H]4O)c3cc2O[C@@H]2O[C@H](CO[C@@H]3O[C@@H](C)[C@H](OC(=O)/C=C/c4ccc(O)cc4)[C@H](O)[C@H]3O)[C@H](O)[C@@H](O)[C@H]2O)cc(OC)c1O. The molecule has 0 unspecified atom stereocenters. The molecule has 15 atom stereocenters. The number of hydrogen-bond acceptors (Lipinski definition) is 22. The van der Waals surface area contributed by atoms with Gasteiger partial charge in [0.2, 0.25) is 24.1 Å². The summed E-state index contributed by atoms with van der Waals surface area (Å²) >= 11 is 0. The van der Waals surface area contributed by atoms with Gasteiger partial charge >= 0.3 is 17.3 Å². The Morgan fingerprint density at radius 2 is 1.24 bits per heavy atom. The Labute approximate surface area is 379 Å². The van der Waals surface area contributed by atoms with E-state index in [0.29, 0.717) is 5.56 Å². The van der Waals surface area contributed by atoms with E-state index < -0.39 is 117 Å². The van der Waals surface area contributed by atoms with Crippen molar-refractivity contribution in [2.45, 2.75) is 99.0 Å². The number of hydrogen-bond donors (Lipinski definition) is 12. The lowest BCUT2D eigenvalue weighted by Crippen LogP contribution is -2.62. The molecule has 0 spiro atoms. The van der Waals surface area contributed by atoms with Crippen molar-refractivity contribution in [1.82, 2.24) is 0 Å². The third-order valence-corrected chi connectivity index (χ3v) is 11.3. The van der Waals surface area contributed by atoms with Crippen LogP contribution >= 0.6 is 0 Å². The van der Waals surface area contributed by atoms with E-state index in [9.17, 15) is 66.1 Å².